The molecule has 1 aromatic carbocycles. The second-order valence-corrected chi connectivity index (χ2v) is 5.85. The molecule has 2 heterocycles. The van der Waals surface area contributed by atoms with Gasteiger partial charge in [0.1, 0.15) is 0 Å². The van der Waals surface area contributed by atoms with Crippen molar-refractivity contribution in [1.82, 2.24) is 25.9 Å². The predicted octanol–water partition coefficient (Wildman–Crippen LogP) is 1.69. The molecule has 1 fully saturated rings. The van der Waals surface area contributed by atoms with Crippen molar-refractivity contribution in [2.75, 3.05) is 26.4 Å². The molecule has 0 saturated carbocycles. The predicted molar refractivity (Wildman–Crippen MR) is 91.8 cm³/mol. The number of benzene rings is 1. The van der Waals surface area contributed by atoms with Crippen LogP contribution in [0, 0.1) is 0 Å². The Morgan fingerprint density at radius 1 is 1.28 bits per heavy atom. The van der Waals surface area contributed by atoms with Crippen LogP contribution in [0.2, 0.25) is 0 Å². The quantitative estimate of drug-likeness (QED) is 0.702. The summed E-state index contributed by atoms with van der Waals surface area (Å²) in [7, 11) is 0. The number of rotatable bonds is 8. The number of hydrogen-bond donors (Lipinski definition) is 2. The Labute approximate surface area is 147 Å². The zero-order valence-electron chi connectivity index (χ0n) is 14.6. The summed E-state index contributed by atoms with van der Waals surface area (Å²) in [5.41, 5.74) is 2.08. The van der Waals surface area contributed by atoms with Crippen molar-refractivity contribution in [3.63, 3.8) is 0 Å². The molecule has 136 valence electrons. The molecule has 2 aromatic rings. The van der Waals surface area contributed by atoms with Crippen LogP contribution in [0.4, 0.5) is 0 Å². The van der Waals surface area contributed by atoms with Crippen LogP contribution in [0.15, 0.2) is 24.3 Å². The minimum absolute atomic E-state index is 0.0831. The number of aromatic nitrogens is 4. The summed E-state index contributed by atoms with van der Waals surface area (Å²) in [6.07, 6.45) is 0.601. The van der Waals surface area contributed by atoms with Crippen molar-refractivity contribution < 1.29 is 14.2 Å². The maximum absolute atomic E-state index is 6.03. The number of hydrogen-bond acceptors (Lipinski definition) is 7. The topological polar surface area (TPSA) is 94.2 Å². The molecular formula is C17H25N5O3. The van der Waals surface area contributed by atoms with Gasteiger partial charge in [0.15, 0.2) is 6.29 Å². The van der Waals surface area contributed by atoms with E-state index in [1.54, 1.807) is 0 Å². The summed E-state index contributed by atoms with van der Waals surface area (Å²) in [5, 5.41) is 17.7. The third-order valence-corrected chi connectivity index (χ3v) is 4.14. The molecule has 0 bridgehead atoms. The largest absolute Gasteiger partial charge is 0.375 e. The molecule has 0 spiro atoms. The number of H-pyrrole nitrogens is 1. The molecule has 8 nitrogen and oxygen atoms in total. The molecule has 2 atom stereocenters. The van der Waals surface area contributed by atoms with E-state index >= 15 is 0 Å². The highest BCUT2D eigenvalue weighted by molar-refractivity contribution is 5.55. The van der Waals surface area contributed by atoms with E-state index in [0.717, 1.165) is 24.1 Å². The van der Waals surface area contributed by atoms with Crippen LogP contribution in [0.1, 0.15) is 31.9 Å². The van der Waals surface area contributed by atoms with E-state index in [1.807, 2.05) is 26.0 Å². The Bertz CT molecular complexity index is 623. The normalized spacial score (nSPS) is 20.9. The lowest BCUT2D eigenvalue weighted by Gasteiger charge is -2.32. The molecule has 0 unspecified atom stereocenters. The fraction of sp³-hybridized carbons (Fsp3) is 0.588. The summed E-state index contributed by atoms with van der Waals surface area (Å²) in [5.74, 6) is 0.590. The minimum Gasteiger partial charge on any atom is -0.375 e. The molecule has 3 rings (SSSR count). The molecule has 0 radical (unpaired) electrons. The van der Waals surface area contributed by atoms with Gasteiger partial charge in [-0.25, -0.2) is 0 Å². The van der Waals surface area contributed by atoms with E-state index in [0.29, 0.717) is 25.6 Å². The molecule has 8 heteroatoms. The van der Waals surface area contributed by atoms with Crippen molar-refractivity contribution in [2.24, 2.45) is 0 Å². The molecule has 1 aliphatic rings. The van der Waals surface area contributed by atoms with Gasteiger partial charge in [-0.15, -0.1) is 10.2 Å². The van der Waals surface area contributed by atoms with Gasteiger partial charge in [-0.3, -0.25) is 0 Å². The number of nitrogens with one attached hydrogen (secondary N) is 2. The Morgan fingerprint density at radius 3 is 2.76 bits per heavy atom. The second-order valence-electron chi connectivity index (χ2n) is 5.85. The molecule has 1 aromatic heterocycles. The van der Waals surface area contributed by atoms with Crippen molar-refractivity contribution in [3.05, 3.63) is 29.8 Å². The molecular weight excluding hydrogens is 322 g/mol. The molecule has 0 amide bonds. The van der Waals surface area contributed by atoms with Gasteiger partial charge in [0.2, 0.25) is 5.82 Å². The average Bonchev–Trinajstić information content (AvgIpc) is 3.18. The van der Waals surface area contributed by atoms with Gasteiger partial charge in [-0.2, -0.15) is 5.21 Å². The van der Waals surface area contributed by atoms with Gasteiger partial charge >= 0.3 is 0 Å². The monoisotopic (exact) mass is 347 g/mol. The zero-order valence-corrected chi connectivity index (χ0v) is 14.6. The van der Waals surface area contributed by atoms with Crippen LogP contribution in [-0.4, -0.2) is 59.4 Å². The first-order chi connectivity index (χ1) is 12.3. The fourth-order valence-electron chi connectivity index (χ4n) is 2.94. The van der Waals surface area contributed by atoms with Crippen molar-refractivity contribution >= 4 is 0 Å². The van der Waals surface area contributed by atoms with Crippen LogP contribution in [0.5, 0.6) is 0 Å². The maximum Gasteiger partial charge on any atom is 0.204 e. The van der Waals surface area contributed by atoms with Crippen molar-refractivity contribution in [2.45, 2.75) is 38.7 Å². The van der Waals surface area contributed by atoms with Gasteiger partial charge < -0.3 is 19.5 Å². The molecule has 25 heavy (non-hydrogen) atoms. The first-order valence-electron chi connectivity index (χ1n) is 8.72. The van der Waals surface area contributed by atoms with E-state index in [1.165, 1.54) is 0 Å². The summed E-state index contributed by atoms with van der Waals surface area (Å²) in [4.78, 5) is 0. The number of morpholine rings is 1. The smallest absolute Gasteiger partial charge is 0.204 e. The minimum atomic E-state index is -0.208. The first kappa shape index (κ1) is 17.9. The van der Waals surface area contributed by atoms with Crippen LogP contribution in [0.25, 0.3) is 11.4 Å². The molecule has 1 aliphatic heterocycles. The number of tetrazole rings is 1. The number of ether oxygens (including phenoxy) is 3. The average molecular weight is 347 g/mol. The third kappa shape index (κ3) is 4.82. The van der Waals surface area contributed by atoms with Crippen LogP contribution in [-0.2, 0) is 14.2 Å². The Balaban J connectivity index is 1.56. The van der Waals surface area contributed by atoms with Crippen LogP contribution in [0.3, 0.4) is 0 Å². The summed E-state index contributed by atoms with van der Waals surface area (Å²) >= 11 is 0. The molecule has 1 saturated heterocycles. The summed E-state index contributed by atoms with van der Waals surface area (Å²) < 4.78 is 17.2. The zero-order chi connectivity index (χ0) is 17.5. The first-order valence-corrected chi connectivity index (χ1v) is 8.72. The summed E-state index contributed by atoms with van der Waals surface area (Å²) in [6.45, 7) is 6.57. The SMILES string of the molecule is CCOC(C[C@@H]1CN[C@@H](c2cccc(-c3nn[nH]n3)c2)CO1)OCC. The molecule has 2 N–H and O–H groups in total. The van der Waals surface area contributed by atoms with Crippen LogP contribution < -0.4 is 5.32 Å². The Hall–Kier alpha value is -1.87. The van der Waals surface area contributed by atoms with Gasteiger partial charge in [0.25, 0.3) is 0 Å². The summed E-state index contributed by atoms with van der Waals surface area (Å²) in [6, 6.07) is 8.24. The Morgan fingerprint density at radius 2 is 2.12 bits per heavy atom. The van der Waals surface area contributed by atoms with Crippen molar-refractivity contribution in [1.29, 1.82) is 0 Å². The second kappa shape index (κ2) is 9.00. The van der Waals surface area contributed by atoms with E-state index < -0.39 is 0 Å². The van der Waals surface area contributed by atoms with Gasteiger partial charge in [-0.1, -0.05) is 18.2 Å². The standard InChI is InChI=1S/C17H25N5O3/c1-3-23-16(24-4-2)9-14-10-18-15(11-25-14)12-6-5-7-13(8-12)17-19-21-22-20-17/h5-8,14-16,18H,3-4,9-11H2,1-2H3,(H,19,20,21,22)/t14-,15-/m1/s1. The van der Waals surface area contributed by atoms with Crippen LogP contribution >= 0.6 is 0 Å². The van der Waals surface area contributed by atoms with E-state index in [9.17, 15) is 0 Å². The molecule has 0 aliphatic carbocycles. The van der Waals surface area contributed by atoms with Gasteiger partial charge in [-0.05, 0) is 30.7 Å². The maximum atomic E-state index is 6.03. The van der Waals surface area contributed by atoms with E-state index in [-0.39, 0.29) is 18.4 Å². The lowest BCUT2D eigenvalue weighted by molar-refractivity contribution is -0.161. The third-order valence-electron chi connectivity index (χ3n) is 4.14. The lowest BCUT2D eigenvalue weighted by Crippen LogP contribution is -2.43. The Kier molecular flexibility index (Phi) is 6.46. The van der Waals surface area contributed by atoms with Crippen molar-refractivity contribution in [3.8, 4) is 11.4 Å². The highest BCUT2D eigenvalue weighted by atomic mass is 16.7. The number of nitrogens with zero attached hydrogens (tertiary/aromatic N) is 3. The van der Waals surface area contributed by atoms with E-state index in [2.05, 4.69) is 38.1 Å². The lowest BCUT2D eigenvalue weighted by atomic mass is 10.0. The number of aromatic amines is 1. The van der Waals surface area contributed by atoms with E-state index in [4.69, 9.17) is 14.2 Å². The highest BCUT2D eigenvalue weighted by Gasteiger charge is 2.25. The highest BCUT2D eigenvalue weighted by Crippen LogP contribution is 2.23. The fourth-order valence-corrected chi connectivity index (χ4v) is 2.94. The van der Waals surface area contributed by atoms with Gasteiger partial charge in [0, 0.05) is 31.7 Å². The van der Waals surface area contributed by atoms with Gasteiger partial charge in [0.05, 0.1) is 18.8 Å².